The van der Waals surface area contributed by atoms with E-state index >= 15 is 0 Å². The molecule has 0 aliphatic heterocycles. The quantitative estimate of drug-likeness (QED) is 0.676. The van der Waals surface area contributed by atoms with Gasteiger partial charge >= 0.3 is 0 Å². The highest BCUT2D eigenvalue weighted by Crippen LogP contribution is 2.46. The third-order valence-corrected chi connectivity index (χ3v) is 7.41. The Labute approximate surface area is 165 Å². The summed E-state index contributed by atoms with van der Waals surface area (Å²) in [5.74, 6) is 2.63. The highest BCUT2D eigenvalue weighted by molar-refractivity contribution is 7.19. The van der Waals surface area contributed by atoms with Crippen molar-refractivity contribution in [3.05, 3.63) is 40.1 Å². The number of pyridine rings is 1. The van der Waals surface area contributed by atoms with Gasteiger partial charge in [-0.3, -0.25) is 0 Å². The lowest BCUT2D eigenvalue weighted by molar-refractivity contribution is -0.00000559. The number of fused-ring (bicyclic) bond motifs is 4. The van der Waals surface area contributed by atoms with Gasteiger partial charge in [-0.2, -0.15) is 0 Å². The van der Waals surface area contributed by atoms with E-state index in [0.29, 0.717) is 0 Å². The standard InChI is InChI=1S/C22H25NOS.ClH/c1-3-14-7-9-17-16(12-14)20(18-5-4-10-24-18)21-15-8-6-13(2)11-19(15)25-22(21)23-17;/h4-5,10,13-14H,3,6-9,11-12H2,1-2H3;1H/p-1. The SMILES string of the molecule is CCC1CCc2nc3sc4c(c3c(-c3ccco3)c2C1)CCC(C)C4.[Cl-]. The van der Waals surface area contributed by atoms with Gasteiger partial charge in [-0.05, 0) is 73.6 Å². The lowest BCUT2D eigenvalue weighted by Crippen LogP contribution is -3.00. The molecule has 5 rings (SSSR count). The molecule has 4 heteroatoms. The second kappa shape index (κ2) is 7.01. The largest absolute Gasteiger partial charge is 1.00 e. The molecule has 0 fully saturated rings. The smallest absolute Gasteiger partial charge is 0.134 e. The van der Waals surface area contributed by atoms with Crippen LogP contribution in [0.5, 0.6) is 0 Å². The monoisotopic (exact) mass is 386 g/mol. The van der Waals surface area contributed by atoms with Crippen LogP contribution in [0.1, 0.15) is 54.8 Å². The number of furan rings is 1. The Kier molecular flexibility index (Phi) is 4.87. The van der Waals surface area contributed by atoms with E-state index in [2.05, 4.69) is 19.9 Å². The van der Waals surface area contributed by atoms with Gasteiger partial charge < -0.3 is 16.8 Å². The number of aryl methyl sites for hydroxylation is 2. The minimum atomic E-state index is 0. The van der Waals surface area contributed by atoms with Gasteiger partial charge in [0.15, 0.2) is 0 Å². The van der Waals surface area contributed by atoms with Crippen molar-refractivity contribution >= 4 is 21.6 Å². The van der Waals surface area contributed by atoms with Crippen LogP contribution in [0, 0.1) is 11.8 Å². The average Bonchev–Trinajstić information content (AvgIpc) is 3.26. The summed E-state index contributed by atoms with van der Waals surface area (Å²) in [6.45, 7) is 4.70. The first kappa shape index (κ1) is 18.1. The summed E-state index contributed by atoms with van der Waals surface area (Å²) >= 11 is 1.94. The van der Waals surface area contributed by atoms with Crippen LogP contribution in [-0.4, -0.2) is 4.98 Å². The molecule has 0 saturated carbocycles. The van der Waals surface area contributed by atoms with E-state index in [-0.39, 0.29) is 12.4 Å². The normalized spacial score (nSPS) is 21.9. The summed E-state index contributed by atoms with van der Waals surface area (Å²) in [5.41, 5.74) is 5.74. The van der Waals surface area contributed by atoms with Gasteiger partial charge in [0.2, 0.25) is 0 Å². The molecule has 3 aromatic heterocycles. The zero-order valence-corrected chi connectivity index (χ0v) is 17.1. The van der Waals surface area contributed by atoms with Gasteiger partial charge in [0, 0.05) is 21.5 Å². The molecule has 0 N–H and O–H groups in total. The molecular weight excluding hydrogens is 362 g/mol. The van der Waals surface area contributed by atoms with E-state index in [1.165, 1.54) is 59.1 Å². The number of aromatic nitrogens is 1. The summed E-state index contributed by atoms with van der Waals surface area (Å²) in [6.07, 6.45) is 10.3. The number of nitrogens with zero attached hydrogens (tertiary/aromatic N) is 1. The van der Waals surface area contributed by atoms with Gasteiger partial charge in [0.05, 0.1) is 6.26 Å². The highest BCUT2D eigenvalue weighted by Gasteiger charge is 2.29. The van der Waals surface area contributed by atoms with E-state index < -0.39 is 0 Å². The minimum Gasteiger partial charge on any atom is -1.00 e. The zero-order chi connectivity index (χ0) is 17.0. The maximum Gasteiger partial charge on any atom is 0.134 e. The van der Waals surface area contributed by atoms with Crippen LogP contribution in [0.2, 0.25) is 0 Å². The predicted octanol–water partition coefficient (Wildman–Crippen LogP) is 3.20. The first-order chi connectivity index (χ1) is 12.2. The van der Waals surface area contributed by atoms with Crippen LogP contribution in [0.15, 0.2) is 22.8 Å². The van der Waals surface area contributed by atoms with E-state index in [0.717, 1.165) is 30.4 Å². The lowest BCUT2D eigenvalue weighted by atomic mass is 9.80. The molecule has 0 spiro atoms. The number of hydrogen-bond acceptors (Lipinski definition) is 3. The number of rotatable bonds is 2. The molecular formula is C22H25ClNOS-. The average molecular weight is 387 g/mol. The molecule has 2 aliphatic rings. The molecule has 0 bridgehead atoms. The van der Waals surface area contributed by atoms with Crippen LogP contribution >= 0.6 is 11.3 Å². The van der Waals surface area contributed by atoms with Crippen molar-refractivity contribution in [1.82, 2.24) is 4.98 Å². The Bertz CT molecular complexity index is 928. The van der Waals surface area contributed by atoms with Crippen molar-refractivity contribution in [3.63, 3.8) is 0 Å². The van der Waals surface area contributed by atoms with Crippen LogP contribution < -0.4 is 12.4 Å². The molecule has 2 nitrogen and oxygen atoms in total. The van der Waals surface area contributed by atoms with Crippen molar-refractivity contribution in [3.8, 4) is 11.3 Å². The highest BCUT2D eigenvalue weighted by atomic mass is 35.5. The third kappa shape index (κ3) is 2.80. The summed E-state index contributed by atoms with van der Waals surface area (Å²) in [5, 5.41) is 1.41. The molecule has 138 valence electrons. The maximum atomic E-state index is 5.92. The molecule has 0 aromatic carbocycles. The molecule has 2 aliphatic carbocycles. The fourth-order valence-corrected chi connectivity index (χ4v) is 6.17. The van der Waals surface area contributed by atoms with Crippen molar-refractivity contribution in [1.29, 1.82) is 0 Å². The van der Waals surface area contributed by atoms with E-state index in [1.807, 2.05) is 23.7 Å². The molecule has 2 atom stereocenters. The molecule has 2 unspecified atom stereocenters. The fraction of sp³-hybridized carbons (Fsp3) is 0.500. The minimum absolute atomic E-state index is 0. The lowest BCUT2D eigenvalue weighted by Gasteiger charge is -2.25. The van der Waals surface area contributed by atoms with E-state index in [1.54, 1.807) is 10.4 Å². The summed E-state index contributed by atoms with van der Waals surface area (Å²) in [7, 11) is 0. The molecule has 3 heterocycles. The maximum absolute atomic E-state index is 5.92. The van der Waals surface area contributed by atoms with Crippen LogP contribution in [0.4, 0.5) is 0 Å². The van der Waals surface area contributed by atoms with E-state index in [9.17, 15) is 0 Å². The molecule has 3 aromatic rings. The number of hydrogen-bond donors (Lipinski definition) is 0. The first-order valence-electron chi connectivity index (χ1n) is 9.74. The second-order valence-corrected chi connectivity index (χ2v) is 9.02. The molecule has 0 amide bonds. The van der Waals surface area contributed by atoms with E-state index in [4.69, 9.17) is 9.40 Å². The Morgan fingerprint density at radius 2 is 2.08 bits per heavy atom. The summed E-state index contributed by atoms with van der Waals surface area (Å²) < 4.78 is 5.92. The predicted molar refractivity (Wildman–Crippen MR) is 104 cm³/mol. The number of thiophene rings is 1. The Hall–Kier alpha value is -1.32. The van der Waals surface area contributed by atoms with Gasteiger partial charge in [-0.25, -0.2) is 4.98 Å². The second-order valence-electron chi connectivity index (χ2n) is 7.94. The Morgan fingerprint density at radius 1 is 1.19 bits per heavy atom. The molecule has 0 radical (unpaired) electrons. The molecule has 26 heavy (non-hydrogen) atoms. The van der Waals surface area contributed by atoms with Crippen LogP contribution in [0.3, 0.4) is 0 Å². The van der Waals surface area contributed by atoms with Crippen molar-refractivity contribution in [2.45, 2.75) is 58.8 Å². The van der Waals surface area contributed by atoms with Crippen molar-refractivity contribution < 1.29 is 16.8 Å². The summed E-state index contributed by atoms with van der Waals surface area (Å²) in [4.78, 5) is 7.98. The van der Waals surface area contributed by atoms with Crippen LogP contribution in [-0.2, 0) is 25.7 Å². The van der Waals surface area contributed by atoms with Gasteiger partial charge in [0.1, 0.15) is 10.6 Å². The number of halogens is 1. The first-order valence-corrected chi connectivity index (χ1v) is 10.6. The molecule has 0 saturated heterocycles. The van der Waals surface area contributed by atoms with Crippen LogP contribution in [0.25, 0.3) is 21.5 Å². The Balaban J connectivity index is 0.00000168. The Morgan fingerprint density at radius 3 is 2.85 bits per heavy atom. The fourth-order valence-electron chi connectivity index (χ4n) is 4.76. The topological polar surface area (TPSA) is 26.0 Å². The van der Waals surface area contributed by atoms with Gasteiger partial charge in [-0.15, -0.1) is 11.3 Å². The van der Waals surface area contributed by atoms with Crippen molar-refractivity contribution in [2.75, 3.05) is 0 Å². The van der Waals surface area contributed by atoms with Gasteiger partial charge in [-0.1, -0.05) is 20.3 Å². The summed E-state index contributed by atoms with van der Waals surface area (Å²) in [6, 6.07) is 4.16. The third-order valence-electron chi connectivity index (χ3n) is 6.26. The van der Waals surface area contributed by atoms with Gasteiger partial charge in [0.25, 0.3) is 0 Å². The zero-order valence-electron chi connectivity index (χ0n) is 15.5. The van der Waals surface area contributed by atoms with Crippen molar-refractivity contribution in [2.24, 2.45) is 11.8 Å².